The predicted octanol–water partition coefficient (Wildman–Crippen LogP) is 4.94. The van der Waals surface area contributed by atoms with Gasteiger partial charge in [0.25, 0.3) is 0 Å². The normalized spacial score (nSPS) is 14.4. The Kier molecular flexibility index (Phi) is 6.73. The average Bonchev–Trinajstić information content (AvgIpc) is 3.34. The Morgan fingerprint density at radius 3 is 2.39 bits per heavy atom. The van der Waals surface area contributed by atoms with E-state index in [1.165, 1.54) is 5.56 Å². The summed E-state index contributed by atoms with van der Waals surface area (Å²) in [6.45, 7) is 1.24. The van der Waals surface area contributed by atoms with Gasteiger partial charge in [-0.2, -0.15) is 0 Å². The first-order valence-electron chi connectivity index (χ1n) is 10.7. The van der Waals surface area contributed by atoms with Gasteiger partial charge >= 0.3 is 0 Å². The molecule has 3 aromatic rings. The summed E-state index contributed by atoms with van der Waals surface area (Å²) in [5.74, 6) is 0.0498. The molecule has 0 saturated carbocycles. The molecule has 2 amide bonds. The van der Waals surface area contributed by atoms with Gasteiger partial charge in [0.05, 0.1) is 11.4 Å². The minimum absolute atomic E-state index is 0.00730. The lowest BCUT2D eigenvalue weighted by atomic mass is 9.95. The average molecular weight is 436 g/mol. The Morgan fingerprint density at radius 2 is 1.68 bits per heavy atom. The molecule has 1 fully saturated rings. The van der Waals surface area contributed by atoms with Crippen LogP contribution < -0.4 is 5.32 Å². The van der Waals surface area contributed by atoms with E-state index < -0.39 is 0 Å². The van der Waals surface area contributed by atoms with Crippen molar-refractivity contribution < 1.29 is 9.59 Å². The molecule has 0 aliphatic carbocycles. The second-order valence-corrected chi connectivity index (χ2v) is 8.32. The van der Waals surface area contributed by atoms with Crippen LogP contribution in [0.4, 0.5) is 5.69 Å². The van der Waals surface area contributed by atoms with Crippen molar-refractivity contribution in [3.05, 3.63) is 83.6 Å². The van der Waals surface area contributed by atoms with Crippen LogP contribution in [0.25, 0.3) is 5.69 Å². The molecule has 4 rings (SSSR count). The van der Waals surface area contributed by atoms with E-state index in [2.05, 4.69) is 5.32 Å². The van der Waals surface area contributed by atoms with Crippen LogP contribution in [0, 0.1) is 5.92 Å². The topological polar surface area (TPSA) is 54.3 Å². The van der Waals surface area contributed by atoms with E-state index >= 15 is 0 Å². The van der Waals surface area contributed by atoms with E-state index in [1.54, 1.807) is 6.07 Å². The van der Waals surface area contributed by atoms with Crippen LogP contribution in [-0.4, -0.2) is 34.4 Å². The van der Waals surface area contributed by atoms with Crippen LogP contribution in [-0.2, 0) is 16.0 Å². The number of aryl methyl sites for hydroxylation is 1. The van der Waals surface area contributed by atoms with Crippen molar-refractivity contribution in [1.29, 1.82) is 0 Å². The third kappa shape index (κ3) is 5.36. The molecule has 1 saturated heterocycles. The Hall–Kier alpha value is -3.05. The number of nitrogens with zero attached hydrogens (tertiary/aromatic N) is 2. The Morgan fingerprint density at radius 1 is 0.968 bits per heavy atom. The number of carbonyl (C=O) groups is 2. The summed E-state index contributed by atoms with van der Waals surface area (Å²) in [5.41, 5.74) is 2.73. The Labute approximate surface area is 187 Å². The van der Waals surface area contributed by atoms with Gasteiger partial charge < -0.3 is 14.8 Å². The molecule has 0 atom stereocenters. The number of likely N-dealkylation sites (tertiary alicyclic amines) is 1. The van der Waals surface area contributed by atoms with Crippen molar-refractivity contribution in [1.82, 2.24) is 9.47 Å². The summed E-state index contributed by atoms with van der Waals surface area (Å²) in [5, 5.41) is 3.68. The summed E-state index contributed by atoms with van der Waals surface area (Å²) in [4.78, 5) is 27.4. The Balaban J connectivity index is 1.31. The lowest BCUT2D eigenvalue weighted by Gasteiger charge is -2.31. The van der Waals surface area contributed by atoms with Crippen LogP contribution in [0.5, 0.6) is 0 Å². The first-order valence-corrected chi connectivity index (χ1v) is 11.0. The standard InChI is InChI=1S/C25H26ClN3O2/c26-21-9-10-22(23(18-21)28-14-4-5-15-28)27-25(31)20-12-16-29(17-13-20)24(30)11-8-19-6-2-1-3-7-19/h1-7,9-10,14-15,18,20H,8,11-13,16-17H2,(H,27,31). The molecule has 0 unspecified atom stereocenters. The number of amides is 2. The van der Waals surface area contributed by atoms with Gasteiger partial charge in [-0.15, -0.1) is 0 Å². The summed E-state index contributed by atoms with van der Waals surface area (Å²) in [6.07, 6.45) is 6.44. The minimum atomic E-state index is -0.105. The third-order valence-electron chi connectivity index (χ3n) is 5.79. The predicted molar refractivity (Wildman–Crippen MR) is 123 cm³/mol. The molecule has 2 aromatic carbocycles. The van der Waals surface area contributed by atoms with Crippen LogP contribution in [0.3, 0.4) is 0 Å². The molecule has 0 bridgehead atoms. The summed E-state index contributed by atoms with van der Waals surface area (Å²) in [7, 11) is 0. The fourth-order valence-corrected chi connectivity index (χ4v) is 4.17. The summed E-state index contributed by atoms with van der Waals surface area (Å²) < 4.78 is 1.93. The van der Waals surface area contributed by atoms with Gasteiger partial charge in [0.1, 0.15) is 0 Å². The lowest BCUT2D eigenvalue weighted by Crippen LogP contribution is -2.41. The molecule has 5 nitrogen and oxygen atoms in total. The third-order valence-corrected chi connectivity index (χ3v) is 6.02. The first kappa shape index (κ1) is 21.2. The molecule has 1 aliphatic rings. The number of halogens is 1. The van der Waals surface area contributed by atoms with E-state index in [-0.39, 0.29) is 17.7 Å². The van der Waals surface area contributed by atoms with E-state index in [0.717, 1.165) is 17.8 Å². The SMILES string of the molecule is O=C(Nc1ccc(Cl)cc1-n1cccc1)C1CCN(C(=O)CCc2ccccc2)CC1. The molecule has 31 heavy (non-hydrogen) atoms. The molecule has 0 spiro atoms. The smallest absolute Gasteiger partial charge is 0.227 e. The number of hydrogen-bond donors (Lipinski definition) is 1. The van der Waals surface area contributed by atoms with Crippen molar-refractivity contribution in [2.75, 3.05) is 18.4 Å². The van der Waals surface area contributed by atoms with Gasteiger partial charge in [-0.05, 0) is 55.2 Å². The maximum absolute atomic E-state index is 12.9. The Bertz CT molecular complexity index is 1030. The maximum atomic E-state index is 12.9. The molecule has 1 N–H and O–H groups in total. The van der Waals surface area contributed by atoms with Gasteiger partial charge in [0.15, 0.2) is 0 Å². The van der Waals surface area contributed by atoms with Gasteiger partial charge in [0.2, 0.25) is 11.8 Å². The van der Waals surface area contributed by atoms with Gasteiger partial charge in [0, 0.05) is 42.8 Å². The van der Waals surface area contributed by atoms with Crippen molar-refractivity contribution in [2.24, 2.45) is 5.92 Å². The minimum Gasteiger partial charge on any atom is -0.343 e. The molecular formula is C25H26ClN3O2. The summed E-state index contributed by atoms with van der Waals surface area (Å²) >= 11 is 6.17. The fraction of sp³-hybridized carbons (Fsp3) is 0.280. The van der Waals surface area contributed by atoms with Crippen molar-refractivity contribution >= 4 is 29.1 Å². The molecule has 160 valence electrons. The monoisotopic (exact) mass is 435 g/mol. The maximum Gasteiger partial charge on any atom is 0.227 e. The van der Waals surface area contributed by atoms with Crippen LogP contribution in [0.15, 0.2) is 73.1 Å². The highest BCUT2D eigenvalue weighted by atomic mass is 35.5. The highest BCUT2D eigenvalue weighted by Crippen LogP contribution is 2.27. The number of benzene rings is 2. The van der Waals surface area contributed by atoms with Gasteiger partial charge in [-0.25, -0.2) is 0 Å². The molecule has 2 heterocycles. The van der Waals surface area contributed by atoms with Crippen LogP contribution in [0.1, 0.15) is 24.8 Å². The zero-order chi connectivity index (χ0) is 21.6. The largest absolute Gasteiger partial charge is 0.343 e. The van der Waals surface area contributed by atoms with E-state index in [0.29, 0.717) is 37.4 Å². The van der Waals surface area contributed by atoms with E-state index in [1.807, 2.05) is 76.5 Å². The molecule has 1 aliphatic heterocycles. The lowest BCUT2D eigenvalue weighted by molar-refractivity contribution is -0.134. The quantitative estimate of drug-likeness (QED) is 0.596. The zero-order valence-corrected chi connectivity index (χ0v) is 18.1. The number of carbonyl (C=O) groups excluding carboxylic acids is 2. The van der Waals surface area contributed by atoms with Crippen molar-refractivity contribution in [2.45, 2.75) is 25.7 Å². The number of piperidine rings is 1. The molecule has 6 heteroatoms. The number of hydrogen-bond acceptors (Lipinski definition) is 2. The molecule has 0 radical (unpaired) electrons. The van der Waals surface area contributed by atoms with Crippen molar-refractivity contribution in [3.8, 4) is 5.69 Å². The zero-order valence-electron chi connectivity index (χ0n) is 17.3. The first-order chi connectivity index (χ1) is 15.1. The van der Waals surface area contributed by atoms with Gasteiger partial charge in [-0.3, -0.25) is 9.59 Å². The number of rotatable bonds is 6. The second-order valence-electron chi connectivity index (χ2n) is 7.88. The number of aromatic nitrogens is 1. The second kappa shape index (κ2) is 9.84. The van der Waals surface area contributed by atoms with Crippen LogP contribution >= 0.6 is 11.6 Å². The van der Waals surface area contributed by atoms with E-state index in [4.69, 9.17) is 11.6 Å². The van der Waals surface area contributed by atoms with Crippen molar-refractivity contribution in [3.63, 3.8) is 0 Å². The number of nitrogens with one attached hydrogen (secondary N) is 1. The highest BCUT2D eigenvalue weighted by Gasteiger charge is 2.27. The number of anilines is 1. The van der Waals surface area contributed by atoms with E-state index in [9.17, 15) is 9.59 Å². The summed E-state index contributed by atoms with van der Waals surface area (Å²) in [6, 6.07) is 19.4. The fourth-order valence-electron chi connectivity index (χ4n) is 4.00. The van der Waals surface area contributed by atoms with Gasteiger partial charge in [-0.1, -0.05) is 41.9 Å². The highest BCUT2D eigenvalue weighted by molar-refractivity contribution is 6.31. The molecular weight excluding hydrogens is 410 g/mol. The van der Waals surface area contributed by atoms with Crippen LogP contribution in [0.2, 0.25) is 5.02 Å². The molecule has 1 aromatic heterocycles.